The third kappa shape index (κ3) is 4.32. The number of pyridine rings is 2. The van der Waals surface area contributed by atoms with Gasteiger partial charge in [-0.25, -0.2) is 19.4 Å². The Morgan fingerprint density at radius 1 is 1.12 bits per heavy atom. The zero-order chi connectivity index (χ0) is 23.2. The lowest BCUT2D eigenvalue weighted by molar-refractivity contribution is -0.141. The summed E-state index contributed by atoms with van der Waals surface area (Å²) in [6, 6.07) is 11.4. The molecule has 166 valence electrons. The van der Waals surface area contributed by atoms with Gasteiger partial charge in [-0.05, 0) is 37.1 Å². The van der Waals surface area contributed by atoms with Gasteiger partial charge in [0.1, 0.15) is 12.0 Å². The van der Waals surface area contributed by atoms with Crippen LogP contribution in [-0.4, -0.2) is 35.8 Å². The molecule has 3 heterocycles. The van der Waals surface area contributed by atoms with E-state index in [0.29, 0.717) is 11.3 Å². The van der Waals surface area contributed by atoms with Gasteiger partial charge < -0.3 is 5.11 Å². The lowest BCUT2D eigenvalue weighted by Crippen LogP contribution is -2.10. The molecule has 0 spiro atoms. The number of aromatic nitrogens is 5. The number of halogens is 3. The van der Waals surface area contributed by atoms with Crippen molar-refractivity contribution in [2.45, 2.75) is 24.9 Å². The van der Waals surface area contributed by atoms with Crippen LogP contribution in [0.4, 0.5) is 13.2 Å². The standard InChI is InChI=1S/C23H16F3N5O2/c24-23(25,26)20-9-15(8-19(29-20)13-5-6-13)21-28-12-31(30-21)11-17(22(32)33)16-7-14-3-1-2-4-18(14)27-10-16/h1-4,7-13H,5-6H2,(H,32,33)/b17-11+. The zero-order valence-electron chi connectivity index (χ0n) is 17.0. The van der Waals surface area contributed by atoms with E-state index in [0.717, 1.165) is 29.8 Å². The monoisotopic (exact) mass is 451 g/mol. The maximum Gasteiger partial charge on any atom is 0.433 e. The highest BCUT2D eigenvalue weighted by Gasteiger charge is 2.35. The number of rotatable bonds is 5. The van der Waals surface area contributed by atoms with Crippen LogP contribution in [0.5, 0.6) is 0 Å². The van der Waals surface area contributed by atoms with Crippen LogP contribution in [0.2, 0.25) is 0 Å². The van der Waals surface area contributed by atoms with E-state index in [9.17, 15) is 23.1 Å². The fourth-order valence-electron chi connectivity index (χ4n) is 3.49. The van der Waals surface area contributed by atoms with E-state index < -0.39 is 17.8 Å². The number of hydrogen-bond donors (Lipinski definition) is 1. The first kappa shape index (κ1) is 20.8. The minimum absolute atomic E-state index is 0.00653. The first-order valence-electron chi connectivity index (χ1n) is 10.1. The molecule has 0 bridgehead atoms. The molecule has 0 atom stereocenters. The molecule has 1 fully saturated rings. The van der Waals surface area contributed by atoms with Crippen molar-refractivity contribution in [2.75, 3.05) is 0 Å². The fourth-order valence-corrected chi connectivity index (χ4v) is 3.49. The average molecular weight is 451 g/mol. The molecule has 0 aliphatic heterocycles. The molecule has 4 aromatic rings. The molecule has 0 saturated heterocycles. The normalized spacial score (nSPS) is 14.6. The summed E-state index contributed by atoms with van der Waals surface area (Å²) in [6.07, 6.45) is 0.929. The number of fused-ring (bicyclic) bond motifs is 1. The smallest absolute Gasteiger partial charge is 0.433 e. The number of hydrogen-bond acceptors (Lipinski definition) is 5. The van der Waals surface area contributed by atoms with Crippen LogP contribution in [0.25, 0.3) is 34.1 Å². The summed E-state index contributed by atoms with van der Waals surface area (Å²) in [7, 11) is 0. The Hall–Kier alpha value is -4.08. The molecule has 0 amide bonds. The molecule has 5 rings (SSSR count). The van der Waals surface area contributed by atoms with Crippen molar-refractivity contribution in [3.8, 4) is 11.4 Å². The average Bonchev–Trinajstić information content (AvgIpc) is 3.54. The second-order valence-corrected chi connectivity index (χ2v) is 7.75. The second kappa shape index (κ2) is 7.80. The molecule has 1 aliphatic rings. The predicted molar refractivity (Wildman–Crippen MR) is 114 cm³/mol. The van der Waals surface area contributed by atoms with Crippen LogP contribution in [0.1, 0.15) is 35.7 Å². The van der Waals surface area contributed by atoms with Crippen molar-refractivity contribution in [1.82, 2.24) is 24.7 Å². The molecule has 3 aromatic heterocycles. The quantitative estimate of drug-likeness (QED) is 0.435. The highest BCUT2D eigenvalue weighted by Crippen LogP contribution is 2.41. The van der Waals surface area contributed by atoms with Gasteiger partial charge in [-0.3, -0.25) is 4.98 Å². The van der Waals surface area contributed by atoms with E-state index in [1.165, 1.54) is 23.4 Å². The van der Waals surface area contributed by atoms with Crippen LogP contribution in [0.15, 0.2) is 55.0 Å². The first-order chi connectivity index (χ1) is 15.8. The number of carboxylic acid groups (broad SMARTS) is 1. The molecule has 1 N–H and O–H groups in total. The number of aliphatic carboxylic acids is 1. The second-order valence-electron chi connectivity index (χ2n) is 7.75. The minimum Gasteiger partial charge on any atom is -0.478 e. The summed E-state index contributed by atoms with van der Waals surface area (Å²) in [5, 5.41) is 14.7. The molecular weight excluding hydrogens is 435 g/mol. The molecule has 33 heavy (non-hydrogen) atoms. The van der Waals surface area contributed by atoms with Crippen molar-refractivity contribution in [2.24, 2.45) is 0 Å². The first-order valence-corrected chi connectivity index (χ1v) is 10.1. The van der Waals surface area contributed by atoms with Crippen molar-refractivity contribution >= 4 is 28.6 Å². The summed E-state index contributed by atoms with van der Waals surface area (Å²) < 4.78 is 41.1. The van der Waals surface area contributed by atoms with E-state index in [1.54, 1.807) is 12.1 Å². The number of benzene rings is 1. The lowest BCUT2D eigenvalue weighted by Gasteiger charge is -2.09. The Labute approximate surface area is 185 Å². The topological polar surface area (TPSA) is 93.8 Å². The molecule has 1 aromatic carbocycles. The summed E-state index contributed by atoms with van der Waals surface area (Å²) in [5.41, 5.74) is 0.531. The Kier molecular flexibility index (Phi) is 4.92. The largest absolute Gasteiger partial charge is 0.478 e. The van der Waals surface area contributed by atoms with Gasteiger partial charge in [0.25, 0.3) is 0 Å². The minimum atomic E-state index is -4.60. The van der Waals surface area contributed by atoms with Gasteiger partial charge in [0, 0.05) is 40.5 Å². The van der Waals surface area contributed by atoms with E-state index in [-0.39, 0.29) is 22.9 Å². The molecule has 1 saturated carbocycles. The van der Waals surface area contributed by atoms with Gasteiger partial charge in [-0.2, -0.15) is 13.2 Å². The van der Waals surface area contributed by atoms with E-state index in [1.807, 2.05) is 24.3 Å². The van der Waals surface area contributed by atoms with Gasteiger partial charge in [0.05, 0.1) is 11.1 Å². The Morgan fingerprint density at radius 3 is 2.64 bits per heavy atom. The van der Waals surface area contributed by atoms with Gasteiger partial charge in [-0.1, -0.05) is 18.2 Å². The molecule has 1 aliphatic carbocycles. The molecular formula is C23H16F3N5O2. The molecule has 0 unspecified atom stereocenters. The summed E-state index contributed by atoms with van der Waals surface area (Å²) in [6.45, 7) is 0. The van der Waals surface area contributed by atoms with Crippen molar-refractivity contribution in [3.63, 3.8) is 0 Å². The van der Waals surface area contributed by atoms with Crippen molar-refractivity contribution < 1.29 is 23.1 Å². The summed E-state index contributed by atoms with van der Waals surface area (Å²) in [4.78, 5) is 24.0. The van der Waals surface area contributed by atoms with E-state index >= 15 is 0 Å². The van der Waals surface area contributed by atoms with E-state index in [4.69, 9.17) is 0 Å². The van der Waals surface area contributed by atoms with Crippen molar-refractivity contribution in [1.29, 1.82) is 0 Å². The molecule has 0 radical (unpaired) electrons. The number of carbonyl (C=O) groups is 1. The van der Waals surface area contributed by atoms with E-state index in [2.05, 4.69) is 20.1 Å². The number of carboxylic acids is 1. The van der Waals surface area contributed by atoms with Gasteiger partial charge in [-0.15, -0.1) is 5.10 Å². The predicted octanol–water partition coefficient (Wildman–Crippen LogP) is 4.87. The maximum atomic E-state index is 13.3. The maximum absolute atomic E-state index is 13.3. The van der Waals surface area contributed by atoms with Crippen LogP contribution < -0.4 is 0 Å². The third-order valence-electron chi connectivity index (χ3n) is 5.29. The Balaban J connectivity index is 1.53. The van der Waals surface area contributed by atoms with Crippen LogP contribution in [-0.2, 0) is 11.0 Å². The Morgan fingerprint density at radius 2 is 1.91 bits per heavy atom. The highest BCUT2D eigenvalue weighted by molar-refractivity contribution is 6.19. The Bertz CT molecular complexity index is 1410. The zero-order valence-corrected chi connectivity index (χ0v) is 17.0. The fraction of sp³-hybridized carbons (Fsp3) is 0.174. The summed E-state index contributed by atoms with van der Waals surface area (Å²) in [5.74, 6) is -1.15. The molecule has 7 nitrogen and oxygen atoms in total. The van der Waals surface area contributed by atoms with Gasteiger partial charge in [0.15, 0.2) is 5.82 Å². The van der Waals surface area contributed by atoms with Gasteiger partial charge in [0.2, 0.25) is 0 Å². The molecule has 10 heteroatoms. The lowest BCUT2D eigenvalue weighted by atomic mass is 10.1. The van der Waals surface area contributed by atoms with Crippen molar-refractivity contribution in [3.05, 3.63) is 71.9 Å². The van der Waals surface area contributed by atoms with Crippen LogP contribution >= 0.6 is 0 Å². The van der Waals surface area contributed by atoms with Crippen LogP contribution in [0.3, 0.4) is 0 Å². The van der Waals surface area contributed by atoms with Gasteiger partial charge >= 0.3 is 12.1 Å². The highest BCUT2D eigenvalue weighted by atomic mass is 19.4. The summed E-state index contributed by atoms with van der Waals surface area (Å²) >= 11 is 0. The van der Waals surface area contributed by atoms with Crippen LogP contribution in [0, 0.1) is 0 Å². The number of alkyl halides is 3. The SMILES string of the molecule is O=C(O)/C(=C/n1cnc(-c2cc(C3CC3)nc(C(F)(F)F)c2)n1)c1cnc2ccccc2c1. The third-order valence-corrected chi connectivity index (χ3v) is 5.29. The number of para-hydroxylation sites is 1. The number of nitrogens with zero attached hydrogens (tertiary/aromatic N) is 5.